The van der Waals surface area contributed by atoms with Crippen LogP contribution in [0.1, 0.15) is 75.0 Å². The van der Waals surface area contributed by atoms with Crippen LogP contribution >= 0.6 is 0 Å². The Labute approximate surface area is 299 Å². The third kappa shape index (κ3) is 7.85. The first-order valence-electron chi connectivity index (χ1n) is 18.0. The van der Waals surface area contributed by atoms with Crippen LogP contribution in [0.2, 0.25) is 0 Å². The maximum Gasteiger partial charge on any atom is 0.410 e. The molecule has 1 aromatic heterocycles. The molecule has 3 saturated heterocycles. The van der Waals surface area contributed by atoms with E-state index >= 15 is 0 Å². The number of morpholine rings is 1. The van der Waals surface area contributed by atoms with E-state index in [1.165, 1.54) is 0 Å². The Balaban J connectivity index is 1.26. The van der Waals surface area contributed by atoms with Gasteiger partial charge in [0.15, 0.2) is 5.82 Å². The Kier molecular flexibility index (Phi) is 9.70. The number of hydrogen-bond acceptors (Lipinski definition) is 11. The van der Waals surface area contributed by atoms with Crippen molar-refractivity contribution in [2.24, 2.45) is 5.41 Å². The second-order valence-electron chi connectivity index (χ2n) is 15.1. The molecule has 270 valence electrons. The van der Waals surface area contributed by atoms with Gasteiger partial charge in [0, 0.05) is 43.7 Å². The van der Waals surface area contributed by atoms with Gasteiger partial charge in [-0.15, -0.1) is 0 Å². The van der Waals surface area contributed by atoms with Crippen LogP contribution in [0.15, 0.2) is 36.4 Å². The molecule has 0 radical (unpaired) electrons. The lowest BCUT2D eigenvalue weighted by Crippen LogP contribution is -2.57. The number of aromatic nitrogens is 2. The summed E-state index contributed by atoms with van der Waals surface area (Å²) in [5.74, 6) is 6.21. The van der Waals surface area contributed by atoms with Crippen LogP contribution in [-0.2, 0) is 14.2 Å². The number of carbonyl (C=O) groups is 2. The number of phenols is 1. The average Bonchev–Trinajstić information content (AvgIpc) is 3.80. The summed E-state index contributed by atoms with van der Waals surface area (Å²) in [6.45, 7) is 13.0. The van der Waals surface area contributed by atoms with E-state index in [4.69, 9.17) is 28.9 Å². The van der Waals surface area contributed by atoms with Crippen molar-refractivity contribution in [3.05, 3.63) is 53.2 Å². The van der Waals surface area contributed by atoms with Crippen LogP contribution in [-0.4, -0.2) is 114 Å². The van der Waals surface area contributed by atoms with Gasteiger partial charge < -0.3 is 29.0 Å². The van der Waals surface area contributed by atoms with Crippen LogP contribution < -0.4 is 9.64 Å². The number of carbonyl (C=O) groups excluding carboxylic acids is 2. The van der Waals surface area contributed by atoms with E-state index in [0.717, 1.165) is 69.3 Å². The molecule has 12 nitrogen and oxygen atoms in total. The van der Waals surface area contributed by atoms with Crippen molar-refractivity contribution in [1.82, 2.24) is 19.8 Å². The molecule has 7 rings (SSSR count). The van der Waals surface area contributed by atoms with Gasteiger partial charge >= 0.3 is 18.1 Å². The van der Waals surface area contributed by atoms with E-state index < -0.39 is 11.6 Å². The highest BCUT2D eigenvalue weighted by Crippen LogP contribution is 2.46. The second kappa shape index (κ2) is 14.2. The highest BCUT2D eigenvalue weighted by molar-refractivity contribution is 5.97. The summed E-state index contributed by atoms with van der Waals surface area (Å²) in [5.41, 5.74) is 0.320. The molecule has 3 aliphatic heterocycles. The molecule has 1 saturated carbocycles. The number of anilines is 1. The van der Waals surface area contributed by atoms with Crippen molar-refractivity contribution >= 4 is 28.7 Å². The van der Waals surface area contributed by atoms with Crippen LogP contribution in [0, 0.1) is 17.3 Å². The van der Waals surface area contributed by atoms with Crippen molar-refractivity contribution in [1.29, 1.82) is 0 Å². The summed E-state index contributed by atoms with van der Waals surface area (Å²) < 4.78 is 23.3. The minimum atomic E-state index is -0.612. The molecule has 2 unspecified atom stereocenters. The summed E-state index contributed by atoms with van der Waals surface area (Å²) in [7, 11) is 0. The number of ether oxygens (including phenoxy) is 4. The van der Waals surface area contributed by atoms with E-state index in [0.29, 0.717) is 31.1 Å². The molecule has 0 spiro atoms. The standard InChI is InChI=1S/C39H47N5O7/c1-5-49-35(46)33-32(13-10-27-21-30(45)20-26-8-6-7-9-31(26)27)40-36(50-25-39(14-15-39)24-42-16-18-48-19-17-42)41-34(33)43-22-28-11-12-29(23-43)44(28)37(47)51-38(2,3)4/h6-9,20-21,28-29,45H,5,11-12,14-19,22-25H2,1-4H3. The Bertz CT molecular complexity index is 1840. The highest BCUT2D eigenvalue weighted by atomic mass is 16.6. The van der Waals surface area contributed by atoms with Crippen molar-refractivity contribution in [3.63, 3.8) is 0 Å². The van der Waals surface area contributed by atoms with Gasteiger partial charge in [0.1, 0.15) is 22.6 Å². The Hall–Kier alpha value is -4.60. The molecule has 1 N–H and O–H groups in total. The molecule has 1 amide bonds. The van der Waals surface area contributed by atoms with Crippen LogP contribution in [0.3, 0.4) is 0 Å². The first-order chi connectivity index (χ1) is 24.5. The predicted molar refractivity (Wildman–Crippen MR) is 191 cm³/mol. The van der Waals surface area contributed by atoms with Gasteiger partial charge in [0.2, 0.25) is 0 Å². The van der Waals surface area contributed by atoms with Crippen molar-refractivity contribution in [2.75, 3.05) is 64.1 Å². The molecule has 4 heterocycles. The molecule has 2 aromatic carbocycles. The zero-order valence-electron chi connectivity index (χ0n) is 29.9. The predicted octanol–water partition coefficient (Wildman–Crippen LogP) is 4.99. The smallest absolute Gasteiger partial charge is 0.410 e. The Morgan fingerprint density at radius 1 is 1.04 bits per heavy atom. The summed E-state index contributed by atoms with van der Waals surface area (Å²) in [5, 5.41) is 12.2. The summed E-state index contributed by atoms with van der Waals surface area (Å²) in [6, 6.07) is 10.9. The molecule has 3 aromatic rings. The number of esters is 1. The molecule has 12 heteroatoms. The van der Waals surface area contributed by atoms with Gasteiger partial charge in [-0.2, -0.15) is 9.97 Å². The molecule has 4 fully saturated rings. The fourth-order valence-electron chi connectivity index (χ4n) is 7.39. The number of aromatic hydroxyl groups is 1. The van der Waals surface area contributed by atoms with Crippen LogP contribution in [0.25, 0.3) is 10.8 Å². The SMILES string of the molecule is CCOC(=O)c1c(C#Cc2cc(O)cc3ccccc23)nc(OCC2(CN3CCOCC3)CC2)nc1N1CC2CCC(C1)N2C(=O)OC(C)(C)C. The van der Waals surface area contributed by atoms with Crippen molar-refractivity contribution in [3.8, 4) is 23.6 Å². The fraction of sp³-hybridized carbons (Fsp3) is 0.538. The number of benzene rings is 2. The molecule has 4 aliphatic rings. The zero-order chi connectivity index (χ0) is 35.8. The minimum absolute atomic E-state index is 0.00511. The summed E-state index contributed by atoms with van der Waals surface area (Å²) in [4.78, 5) is 43.0. The molecular formula is C39H47N5O7. The lowest BCUT2D eigenvalue weighted by atomic mass is 10.0. The van der Waals surface area contributed by atoms with E-state index in [1.807, 2.05) is 54.8 Å². The lowest BCUT2D eigenvalue weighted by molar-refractivity contribution is 0.0121. The van der Waals surface area contributed by atoms with E-state index in [1.54, 1.807) is 19.1 Å². The Morgan fingerprint density at radius 2 is 1.76 bits per heavy atom. The largest absolute Gasteiger partial charge is 0.508 e. The molecule has 2 bridgehead atoms. The highest BCUT2D eigenvalue weighted by Gasteiger charge is 2.47. The lowest BCUT2D eigenvalue weighted by Gasteiger charge is -2.42. The fourth-order valence-corrected chi connectivity index (χ4v) is 7.39. The normalized spacial score (nSPS) is 21.2. The van der Waals surface area contributed by atoms with Crippen molar-refractivity contribution < 1.29 is 33.6 Å². The minimum Gasteiger partial charge on any atom is -0.508 e. The first-order valence-corrected chi connectivity index (χ1v) is 18.0. The van der Waals surface area contributed by atoms with Gasteiger partial charge in [-0.3, -0.25) is 9.80 Å². The third-order valence-corrected chi connectivity index (χ3v) is 10.0. The molecule has 51 heavy (non-hydrogen) atoms. The van der Waals surface area contributed by atoms with E-state index in [-0.39, 0.29) is 53.2 Å². The second-order valence-corrected chi connectivity index (χ2v) is 15.1. The summed E-state index contributed by atoms with van der Waals surface area (Å²) in [6.07, 6.45) is 3.39. The average molecular weight is 698 g/mol. The third-order valence-electron chi connectivity index (χ3n) is 10.0. The van der Waals surface area contributed by atoms with Gasteiger partial charge in [0.25, 0.3) is 0 Å². The van der Waals surface area contributed by atoms with Gasteiger partial charge in [-0.1, -0.05) is 30.2 Å². The zero-order valence-corrected chi connectivity index (χ0v) is 29.9. The Morgan fingerprint density at radius 3 is 2.45 bits per heavy atom. The molecular weight excluding hydrogens is 650 g/mol. The molecule has 2 atom stereocenters. The quantitative estimate of drug-likeness (QED) is 0.253. The molecule has 1 aliphatic carbocycles. The van der Waals surface area contributed by atoms with Crippen LogP contribution in [0.5, 0.6) is 11.8 Å². The number of rotatable bonds is 8. The van der Waals surface area contributed by atoms with Gasteiger partial charge in [-0.05, 0) is 82.2 Å². The number of hydrogen-bond donors (Lipinski definition) is 1. The monoisotopic (exact) mass is 697 g/mol. The number of phenolic OH excluding ortho intramolecular Hbond substituents is 1. The van der Waals surface area contributed by atoms with E-state index in [2.05, 4.69) is 16.7 Å². The topological polar surface area (TPSA) is 127 Å². The van der Waals surface area contributed by atoms with Crippen molar-refractivity contribution in [2.45, 2.75) is 71.1 Å². The van der Waals surface area contributed by atoms with E-state index in [9.17, 15) is 14.7 Å². The van der Waals surface area contributed by atoms with Crippen LogP contribution in [0.4, 0.5) is 10.6 Å². The number of nitrogens with zero attached hydrogens (tertiary/aromatic N) is 5. The van der Waals surface area contributed by atoms with Gasteiger partial charge in [0.05, 0.1) is 38.5 Å². The van der Waals surface area contributed by atoms with Gasteiger partial charge in [-0.25, -0.2) is 9.59 Å². The maximum absolute atomic E-state index is 13.8. The number of fused-ring (bicyclic) bond motifs is 3. The number of amides is 1. The maximum atomic E-state index is 13.8. The number of piperazine rings is 1. The summed E-state index contributed by atoms with van der Waals surface area (Å²) >= 11 is 0. The first kappa shape index (κ1) is 34.8.